The summed E-state index contributed by atoms with van der Waals surface area (Å²) in [4.78, 5) is 23.9. The molecule has 3 aliphatic rings. The topological polar surface area (TPSA) is 93.1 Å². The number of aliphatic hydroxyl groups is 1. The van der Waals surface area contributed by atoms with Crippen molar-refractivity contribution in [1.82, 2.24) is 0 Å². The van der Waals surface area contributed by atoms with Gasteiger partial charge in [-0.3, -0.25) is 0 Å². The lowest BCUT2D eigenvalue weighted by Gasteiger charge is -2.50. The Morgan fingerprint density at radius 3 is 2.82 bits per heavy atom. The van der Waals surface area contributed by atoms with Gasteiger partial charge in [-0.05, 0) is 18.8 Å². The normalized spacial score (nSPS) is 43.1. The van der Waals surface area contributed by atoms with Gasteiger partial charge in [0.05, 0.1) is 13.2 Å². The molecule has 120 valence electrons. The number of aliphatic carboxylic acids is 1. The molecule has 0 amide bonds. The molecule has 1 saturated heterocycles. The summed E-state index contributed by atoms with van der Waals surface area (Å²) in [5.41, 5.74) is -1.63. The summed E-state index contributed by atoms with van der Waals surface area (Å²) < 4.78 is 10.2. The molecule has 3 rings (SSSR count). The maximum absolute atomic E-state index is 12.3. The maximum Gasteiger partial charge on any atom is 0.341 e. The van der Waals surface area contributed by atoms with Gasteiger partial charge in [-0.2, -0.15) is 0 Å². The fraction of sp³-hybridized carbons (Fsp3) is 0.625. The zero-order valence-corrected chi connectivity index (χ0v) is 12.8. The first-order chi connectivity index (χ1) is 10.3. The molecule has 1 spiro atoms. The van der Waals surface area contributed by atoms with E-state index in [4.69, 9.17) is 9.47 Å². The van der Waals surface area contributed by atoms with Crippen LogP contribution in [0.5, 0.6) is 0 Å². The molecule has 0 radical (unpaired) electrons. The molecule has 2 aliphatic carbocycles. The first kappa shape index (κ1) is 15.2. The zero-order chi connectivity index (χ0) is 16.3. The molecular weight excluding hydrogens is 288 g/mol. The van der Waals surface area contributed by atoms with Gasteiger partial charge >= 0.3 is 11.9 Å². The van der Waals surface area contributed by atoms with Gasteiger partial charge in [0.25, 0.3) is 0 Å². The fourth-order valence-corrected chi connectivity index (χ4v) is 4.46. The van der Waals surface area contributed by atoms with E-state index in [1.807, 2.05) is 19.9 Å². The molecule has 0 aromatic rings. The van der Waals surface area contributed by atoms with Gasteiger partial charge in [-0.25, -0.2) is 9.59 Å². The highest BCUT2D eigenvalue weighted by atomic mass is 16.6. The van der Waals surface area contributed by atoms with Crippen LogP contribution in [-0.2, 0) is 19.1 Å². The van der Waals surface area contributed by atoms with Crippen molar-refractivity contribution in [2.24, 2.45) is 23.2 Å². The van der Waals surface area contributed by atoms with Crippen LogP contribution in [0.3, 0.4) is 0 Å². The minimum absolute atomic E-state index is 0.0318. The number of hydrogen-bond acceptors (Lipinski definition) is 5. The quantitative estimate of drug-likeness (QED) is 0.590. The molecule has 0 unspecified atom stereocenters. The zero-order valence-electron chi connectivity index (χ0n) is 12.8. The third-order valence-corrected chi connectivity index (χ3v) is 5.62. The second-order valence-electron chi connectivity index (χ2n) is 6.51. The van der Waals surface area contributed by atoms with E-state index in [1.54, 1.807) is 6.08 Å². The number of hydrogen-bond donors (Lipinski definition) is 2. The van der Waals surface area contributed by atoms with Crippen LogP contribution in [-0.4, -0.2) is 48.1 Å². The SMILES string of the molecule is COC[C@]1(O)C(=O)OC[C@@H]2C(C(=O)O)=C[C@@H]3[C@H](C)C(C)=C[C@@]231. The number of methoxy groups -OCH3 is 1. The summed E-state index contributed by atoms with van der Waals surface area (Å²) in [6, 6.07) is 0. The Balaban J connectivity index is 2.21. The molecule has 0 bridgehead atoms. The van der Waals surface area contributed by atoms with E-state index in [-0.39, 0.29) is 30.6 Å². The predicted molar refractivity (Wildman–Crippen MR) is 75.8 cm³/mol. The summed E-state index contributed by atoms with van der Waals surface area (Å²) in [7, 11) is 1.40. The van der Waals surface area contributed by atoms with Gasteiger partial charge in [0.1, 0.15) is 0 Å². The number of ether oxygens (including phenoxy) is 2. The second-order valence-corrected chi connectivity index (χ2v) is 6.51. The minimum atomic E-state index is -1.88. The maximum atomic E-state index is 12.3. The number of carbonyl (C=O) groups excluding carboxylic acids is 1. The third-order valence-electron chi connectivity index (χ3n) is 5.62. The van der Waals surface area contributed by atoms with Gasteiger partial charge in [-0.1, -0.05) is 24.6 Å². The number of carboxylic acids is 1. The van der Waals surface area contributed by atoms with Gasteiger partial charge < -0.3 is 19.7 Å². The van der Waals surface area contributed by atoms with Crippen molar-refractivity contribution in [2.45, 2.75) is 19.4 Å². The van der Waals surface area contributed by atoms with Gasteiger partial charge in [-0.15, -0.1) is 0 Å². The van der Waals surface area contributed by atoms with Crippen molar-refractivity contribution < 1.29 is 29.3 Å². The number of carboxylic acid groups (broad SMARTS) is 1. The lowest BCUT2D eigenvalue weighted by Crippen LogP contribution is -2.65. The van der Waals surface area contributed by atoms with Crippen LogP contribution in [0, 0.1) is 23.2 Å². The van der Waals surface area contributed by atoms with Crippen LogP contribution in [0.15, 0.2) is 23.3 Å². The van der Waals surface area contributed by atoms with E-state index in [1.165, 1.54) is 7.11 Å². The second kappa shape index (κ2) is 4.67. The van der Waals surface area contributed by atoms with E-state index in [9.17, 15) is 19.8 Å². The Morgan fingerprint density at radius 1 is 1.55 bits per heavy atom. The van der Waals surface area contributed by atoms with Crippen LogP contribution in [0.25, 0.3) is 0 Å². The van der Waals surface area contributed by atoms with E-state index < -0.39 is 28.9 Å². The summed E-state index contributed by atoms with van der Waals surface area (Å²) in [6.45, 7) is 3.67. The number of esters is 1. The van der Waals surface area contributed by atoms with E-state index in [0.717, 1.165) is 5.57 Å². The summed E-state index contributed by atoms with van der Waals surface area (Å²) in [5, 5.41) is 20.6. The molecule has 0 aromatic carbocycles. The Morgan fingerprint density at radius 2 is 2.23 bits per heavy atom. The summed E-state index contributed by atoms with van der Waals surface area (Å²) in [6.07, 6.45) is 3.56. The molecule has 2 N–H and O–H groups in total. The van der Waals surface area contributed by atoms with Gasteiger partial charge in [0.15, 0.2) is 5.60 Å². The molecule has 6 nitrogen and oxygen atoms in total. The third kappa shape index (κ3) is 1.57. The lowest BCUT2D eigenvalue weighted by molar-refractivity contribution is -0.214. The van der Waals surface area contributed by atoms with E-state index >= 15 is 0 Å². The first-order valence-electron chi connectivity index (χ1n) is 7.32. The lowest BCUT2D eigenvalue weighted by atomic mass is 9.59. The Hall–Kier alpha value is -1.66. The highest BCUT2D eigenvalue weighted by Gasteiger charge is 2.71. The predicted octanol–water partition coefficient (Wildman–Crippen LogP) is 0.760. The average molecular weight is 308 g/mol. The van der Waals surface area contributed by atoms with Crippen LogP contribution in [0.4, 0.5) is 0 Å². The number of cyclic esters (lactones) is 1. The van der Waals surface area contributed by atoms with Gasteiger partial charge in [0, 0.05) is 24.0 Å². The van der Waals surface area contributed by atoms with Crippen molar-refractivity contribution in [3.05, 3.63) is 23.3 Å². The standard InChI is InChI=1S/C16H20O6/c1-8-5-15-11(9(8)2)4-10(13(17)18)12(15)6-22-14(19)16(15,20)7-21-3/h4-5,9,11-12,20H,6-7H2,1-3H3,(H,17,18)/t9-,11-,12-,15+,16+/m1/s1. The molecule has 0 saturated carbocycles. The molecule has 0 aromatic heterocycles. The Kier molecular flexibility index (Phi) is 3.23. The van der Waals surface area contributed by atoms with Crippen molar-refractivity contribution in [3.63, 3.8) is 0 Å². The smallest absolute Gasteiger partial charge is 0.341 e. The molecule has 1 aliphatic heterocycles. The highest BCUT2D eigenvalue weighted by molar-refractivity contribution is 5.91. The number of allylic oxidation sites excluding steroid dienone is 2. The Bertz CT molecular complexity index is 606. The molecule has 1 fully saturated rings. The van der Waals surface area contributed by atoms with Crippen molar-refractivity contribution >= 4 is 11.9 Å². The molecule has 5 atom stereocenters. The fourth-order valence-electron chi connectivity index (χ4n) is 4.46. The molecule has 6 heteroatoms. The van der Waals surface area contributed by atoms with Crippen LogP contribution in [0.2, 0.25) is 0 Å². The van der Waals surface area contributed by atoms with E-state index in [2.05, 4.69) is 0 Å². The van der Waals surface area contributed by atoms with Gasteiger partial charge in [0.2, 0.25) is 0 Å². The van der Waals surface area contributed by atoms with E-state index in [0.29, 0.717) is 0 Å². The van der Waals surface area contributed by atoms with Crippen molar-refractivity contribution in [1.29, 1.82) is 0 Å². The number of carbonyl (C=O) groups is 2. The summed E-state index contributed by atoms with van der Waals surface area (Å²) >= 11 is 0. The monoisotopic (exact) mass is 308 g/mol. The van der Waals surface area contributed by atoms with Crippen LogP contribution >= 0.6 is 0 Å². The first-order valence-corrected chi connectivity index (χ1v) is 7.32. The summed E-state index contributed by atoms with van der Waals surface area (Å²) in [5.74, 6) is -2.54. The van der Waals surface area contributed by atoms with Crippen LogP contribution in [0.1, 0.15) is 13.8 Å². The van der Waals surface area contributed by atoms with Crippen LogP contribution < -0.4 is 0 Å². The molecule has 1 heterocycles. The molecule has 22 heavy (non-hydrogen) atoms. The minimum Gasteiger partial charge on any atom is -0.478 e. The highest BCUT2D eigenvalue weighted by Crippen LogP contribution is 2.64. The number of rotatable bonds is 3. The largest absolute Gasteiger partial charge is 0.478 e. The Labute approximate surface area is 128 Å². The average Bonchev–Trinajstić information content (AvgIpc) is 2.90. The van der Waals surface area contributed by atoms with Crippen molar-refractivity contribution in [3.8, 4) is 0 Å². The van der Waals surface area contributed by atoms with Crippen molar-refractivity contribution in [2.75, 3.05) is 20.3 Å². The molecular formula is C16H20O6.